The van der Waals surface area contributed by atoms with Crippen molar-refractivity contribution in [1.29, 1.82) is 0 Å². The fourth-order valence-corrected chi connectivity index (χ4v) is 2.26. The fraction of sp³-hybridized carbons (Fsp3) is 0.562. The van der Waals surface area contributed by atoms with E-state index in [-0.39, 0.29) is 11.3 Å². The van der Waals surface area contributed by atoms with E-state index in [1.165, 1.54) is 5.56 Å². The van der Waals surface area contributed by atoms with Gasteiger partial charge in [0.1, 0.15) is 11.4 Å². The summed E-state index contributed by atoms with van der Waals surface area (Å²) in [6, 6.07) is 6.10. The Morgan fingerprint density at radius 2 is 2.05 bits per heavy atom. The predicted octanol–water partition coefficient (Wildman–Crippen LogP) is 3.87. The van der Waals surface area contributed by atoms with Crippen LogP contribution < -0.4 is 10.1 Å². The molecular weight excluding hydrogens is 238 g/mol. The maximum absolute atomic E-state index is 11.9. The molecule has 104 valence electrons. The number of hydrogen-bond acceptors (Lipinski definition) is 2. The highest BCUT2D eigenvalue weighted by Gasteiger charge is 2.30. The number of ether oxygens (including phenoxy) is 1. The first-order chi connectivity index (χ1) is 8.73. The molecule has 1 N–H and O–H groups in total. The maximum atomic E-state index is 11.9. The number of carbonyl (C=O) groups excluding carboxylic acids is 1. The number of anilines is 1. The third-order valence-electron chi connectivity index (χ3n) is 3.89. The molecule has 0 fully saturated rings. The predicted molar refractivity (Wildman–Crippen MR) is 77.7 cm³/mol. The van der Waals surface area contributed by atoms with Gasteiger partial charge in [-0.15, -0.1) is 0 Å². The molecule has 19 heavy (non-hydrogen) atoms. The zero-order chi connectivity index (χ0) is 14.3. The van der Waals surface area contributed by atoms with Gasteiger partial charge in [0.05, 0.1) is 12.1 Å². The SMILES string of the molecule is CCC(C)(C)c1ccc2c(c1)NC(=O)CC(C)(C)O2. The van der Waals surface area contributed by atoms with Crippen LogP contribution in [0.1, 0.15) is 53.0 Å². The van der Waals surface area contributed by atoms with Gasteiger partial charge in [-0.1, -0.05) is 26.8 Å². The molecule has 1 aliphatic heterocycles. The second kappa shape index (κ2) is 4.55. The maximum Gasteiger partial charge on any atom is 0.228 e. The lowest BCUT2D eigenvalue weighted by Crippen LogP contribution is -2.30. The molecule has 0 spiro atoms. The van der Waals surface area contributed by atoms with E-state index in [1.807, 2.05) is 26.0 Å². The molecule has 1 aromatic rings. The summed E-state index contributed by atoms with van der Waals surface area (Å²) in [7, 11) is 0. The molecule has 0 atom stereocenters. The van der Waals surface area contributed by atoms with Crippen molar-refractivity contribution < 1.29 is 9.53 Å². The third-order valence-corrected chi connectivity index (χ3v) is 3.89. The minimum Gasteiger partial charge on any atom is -0.485 e. The number of carbonyl (C=O) groups is 1. The van der Waals surface area contributed by atoms with Gasteiger partial charge in [-0.25, -0.2) is 0 Å². The molecule has 3 heteroatoms. The van der Waals surface area contributed by atoms with Crippen molar-refractivity contribution in [2.45, 2.75) is 58.5 Å². The highest BCUT2D eigenvalue weighted by Crippen LogP contribution is 2.37. The summed E-state index contributed by atoms with van der Waals surface area (Å²) in [5.41, 5.74) is 1.64. The summed E-state index contributed by atoms with van der Waals surface area (Å²) in [4.78, 5) is 11.9. The Kier molecular flexibility index (Phi) is 3.33. The summed E-state index contributed by atoms with van der Waals surface area (Å²) in [6.45, 7) is 10.5. The van der Waals surface area contributed by atoms with E-state index in [4.69, 9.17) is 4.74 Å². The van der Waals surface area contributed by atoms with Crippen molar-refractivity contribution in [3.63, 3.8) is 0 Å². The molecule has 1 aliphatic rings. The monoisotopic (exact) mass is 261 g/mol. The molecular formula is C16H23NO2. The van der Waals surface area contributed by atoms with E-state index in [9.17, 15) is 4.79 Å². The number of hydrogen-bond donors (Lipinski definition) is 1. The topological polar surface area (TPSA) is 38.3 Å². The van der Waals surface area contributed by atoms with E-state index in [2.05, 4.69) is 32.2 Å². The molecule has 0 radical (unpaired) electrons. The lowest BCUT2D eigenvalue weighted by Gasteiger charge is -2.26. The average molecular weight is 261 g/mol. The van der Waals surface area contributed by atoms with Gasteiger partial charge in [0.2, 0.25) is 5.91 Å². The van der Waals surface area contributed by atoms with Gasteiger partial charge in [-0.3, -0.25) is 4.79 Å². The summed E-state index contributed by atoms with van der Waals surface area (Å²) >= 11 is 0. The van der Waals surface area contributed by atoms with Crippen LogP contribution in [0, 0.1) is 0 Å². The third kappa shape index (κ3) is 2.91. The molecule has 0 unspecified atom stereocenters. The second-order valence-electron chi connectivity index (χ2n) is 6.54. The summed E-state index contributed by atoms with van der Waals surface area (Å²) < 4.78 is 5.93. The van der Waals surface area contributed by atoms with Crippen LogP contribution in [0.15, 0.2) is 18.2 Å². The normalized spacial score (nSPS) is 18.1. The van der Waals surface area contributed by atoms with Crippen molar-refractivity contribution in [3.8, 4) is 5.75 Å². The molecule has 1 aromatic carbocycles. The Morgan fingerprint density at radius 3 is 2.68 bits per heavy atom. The van der Waals surface area contributed by atoms with Gasteiger partial charge in [0.25, 0.3) is 0 Å². The van der Waals surface area contributed by atoms with E-state index in [1.54, 1.807) is 0 Å². The molecule has 2 rings (SSSR count). The van der Waals surface area contributed by atoms with Crippen LogP contribution in [-0.2, 0) is 10.2 Å². The lowest BCUT2D eigenvalue weighted by atomic mass is 9.82. The fourth-order valence-electron chi connectivity index (χ4n) is 2.26. The van der Waals surface area contributed by atoms with Gasteiger partial charge in [0.15, 0.2) is 0 Å². The molecule has 0 saturated heterocycles. The van der Waals surface area contributed by atoms with Crippen LogP contribution in [0.4, 0.5) is 5.69 Å². The first-order valence-electron chi connectivity index (χ1n) is 6.87. The van der Waals surface area contributed by atoms with Crippen LogP contribution >= 0.6 is 0 Å². The average Bonchev–Trinajstić information content (AvgIpc) is 2.40. The molecule has 1 heterocycles. The molecule has 0 aromatic heterocycles. The first-order valence-corrected chi connectivity index (χ1v) is 6.87. The van der Waals surface area contributed by atoms with Crippen LogP contribution in [0.25, 0.3) is 0 Å². The molecule has 0 aliphatic carbocycles. The number of benzene rings is 1. The van der Waals surface area contributed by atoms with Crippen molar-refractivity contribution in [2.24, 2.45) is 0 Å². The lowest BCUT2D eigenvalue weighted by molar-refractivity contribution is -0.118. The zero-order valence-corrected chi connectivity index (χ0v) is 12.5. The van der Waals surface area contributed by atoms with Crippen LogP contribution in [0.3, 0.4) is 0 Å². The quantitative estimate of drug-likeness (QED) is 0.877. The molecule has 1 amide bonds. The number of amides is 1. The van der Waals surface area contributed by atoms with Gasteiger partial charge in [-0.2, -0.15) is 0 Å². The van der Waals surface area contributed by atoms with Crippen molar-refractivity contribution in [3.05, 3.63) is 23.8 Å². The first kappa shape index (κ1) is 13.9. The minimum absolute atomic E-state index is 0.00945. The number of rotatable bonds is 2. The highest BCUT2D eigenvalue weighted by molar-refractivity contribution is 5.93. The van der Waals surface area contributed by atoms with Gasteiger partial charge < -0.3 is 10.1 Å². The van der Waals surface area contributed by atoms with Crippen molar-refractivity contribution in [2.75, 3.05) is 5.32 Å². The van der Waals surface area contributed by atoms with Gasteiger partial charge in [0, 0.05) is 0 Å². The second-order valence-corrected chi connectivity index (χ2v) is 6.54. The molecule has 3 nitrogen and oxygen atoms in total. The number of nitrogens with one attached hydrogen (secondary N) is 1. The van der Waals surface area contributed by atoms with E-state index in [0.717, 1.165) is 17.9 Å². The Morgan fingerprint density at radius 1 is 1.37 bits per heavy atom. The van der Waals surface area contributed by atoms with Crippen LogP contribution in [-0.4, -0.2) is 11.5 Å². The Hall–Kier alpha value is -1.51. The standard InChI is InChI=1S/C16H23NO2/c1-6-15(2,3)11-7-8-13-12(9-11)17-14(18)10-16(4,5)19-13/h7-9H,6,10H2,1-5H3,(H,17,18). The molecule has 0 bridgehead atoms. The summed E-state index contributed by atoms with van der Waals surface area (Å²) in [5.74, 6) is 0.765. The van der Waals surface area contributed by atoms with E-state index in [0.29, 0.717) is 6.42 Å². The Bertz CT molecular complexity index is 503. The molecule has 0 saturated carbocycles. The van der Waals surface area contributed by atoms with Crippen LogP contribution in [0.5, 0.6) is 5.75 Å². The van der Waals surface area contributed by atoms with Gasteiger partial charge in [-0.05, 0) is 43.4 Å². The van der Waals surface area contributed by atoms with Gasteiger partial charge >= 0.3 is 0 Å². The van der Waals surface area contributed by atoms with Crippen molar-refractivity contribution >= 4 is 11.6 Å². The zero-order valence-electron chi connectivity index (χ0n) is 12.5. The summed E-state index contributed by atoms with van der Waals surface area (Å²) in [5, 5.41) is 2.95. The Balaban J connectivity index is 2.43. The highest BCUT2D eigenvalue weighted by atomic mass is 16.5. The number of fused-ring (bicyclic) bond motifs is 1. The van der Waals surface area contributed by atoms with E-state index >= 15 is 0 Å². The summed E-state index contributed by atoms with van der Waals surface area (Å²) in [6.07, 6.45) is 1.42. The smallest absolute Gasteiger partial charge is 0.228 e. The Labute approximate surface area is 115 Å². The van der Waals surface area contributed by atoms with Crippen LogP contribution in [0.2, 0.25) is 0 Å². The minimum atomic E-state index is -0.461. The van der Waals surface area contributed by atoms with E-state index < -0.39 is 5.60 Å². The van der Waals surface area contributed by atoms with Crippen molar-refractivity contribution in [1.82, 2.24) is 0 Å². The largest absolute Gasteiger partial charge is 0.485 e.